The minimum absolute atomic E-state index is 0.00595. The van der Waals surface area contributed by atoms with Crippen molar-refractivity contribution in [3.8, 4) is 0 Å². The number of amides is 3. The first-order valence-electron chi connectivity index (χ1n) is 11.0. The molecule has 0 saturated carbocycles. The molecule has 0 aliphatic carbocycles. The normalized spacial score (nSPS) is 17.4. The molecule has 1 aliphatic rings. The molecule has 34 heavy (non-hydrogen) atoms. The van der Waals surface area contributed by atoms with Crippen LogP contribution in [0.2, 0.25) is 0 Å². The van der Waals surface area contributed by atoms with Gasteiger partial charge in [-0.1, -0.05) is 19.1 Å². The summed E-state index contributed by atoms with van der Waals surface area (Å²) in [5, 5.41) is 5.56. The maximum atomic E-state index is 13.5. The van der Waals surface area contributed by atoms with Crippen molar-refractivity contribution in [1.82, 2.24) is 25.1 Å². The van der Waals surface area contributed by atoms with E-state index in [4.69, 9.17) is 4.42 Å². The number of halogens is 1. The minimum atomic E-state index is -1.19. The molecule has 10 heteroatoms. The molecule has 1 aromatic carbocycles. The summed E-state index contributed by atoms with van der Waals surface area (Å²) in [5.41, 5.74) is -0.301. The lowest BCUT2D eigenvalue weighted by Crippen LogP contribution is -2.64. The number of hydrogen-bond acceptors (Lipinski definition) is 5. The van der Waals surface area contributed by atoms with E-state index in [1.807, 2.05) is 6.92 Å². The largest absolute Gasteiger partial charge is 0.467 e. The lowest BCUT2D eigenvalue weighted by Gasteiger charge is -2.43. The molecule has 4 rings (SSSR count). The maximum Gasteiger partial charge on any atom is 0.273 e. The van der Waals surface area contributed by atoms with Gasteiger partial charge in [-0.05, 0) is 43.2 Å². The zero-order valence-corrected chi connectivity index (χ0v) is 19.0. The SMILES string of the molecule is CCCN1C(=O)c2c(C(=O)NCc3ccco3)ncn2CC1(C)C(=O)NCc1ccc(F)cc1. The van der Waals surface area contributed by atoms with Crippen LogP contribution in [0.15, 0.2) is 53.4 Å². The fourth-order valence-corrected chi connectivity index (χ4v) is 4.07. The molecule has 0 bridgehead atoms. The molecule has 2 aromatic heterocycles. The van der Waals surface area contributed by atoms with Gasteiger partial charge >= 0.3 is 0 Å². The van der Waals surface area contributed by atoms with Gasteiger partial charge < -0.3 is 24.5 Å². The van der Waals surface area contributed by atoms with Gasteiger partial charge in [-0.2, -0.15) is 0 Å². The first-order chi connectivity index (χ1) is 16.3. The van der Waals surface area contributed by atoms with Gasteiger partial charge in [-0.25, -0.2) is 9.37 Å². The second-order valence-electron chi connectivity index (χ2n) is 8.37. The van der Waals surface area contributed by atoms with Gasteiger partial charge in [0, 0.05) is 13.1 Å². The van der Waals surface area contributed by atoms with Crippen molar-refractivity contribution in [2.45, 2.75) is 45.4 Å². The summed E-state index contributed by atoms with van der Waals surface area (Å²) in [4.78, 5) is 45.2. The number of carbonyl (C=O) groups is 3. The predicted molar refractivity (Wildman–Crippen MR) is 120 cm³/mol. The third-order valence-corrected chi connectivity index (χ3v) is 5.88. The molecule has 3 aromatic rings. The van der Waals surface area contributed by atoms with Gasteiger partial charge in [-0.3, -0.25) is 14.4 Å². The molecule has 2 N–H and O–H groups in total. The topological polar surface area (TPSA) is 109 Å². The summed E-state index contributed by atoms with van der Waals surface area (Å²) < 4.78 is 19.9. The summed E-state index contributed by atoms with van der Waals surface area (Å²) in [6, 6.07) is 9.28. The van der Waals surface area contributed by atoms with Crippen LogP contribution in [-0.4, -0.2) is 44.3 Å². The Kier molecular flexibility index (Phi) is 6.49. The Balaban J connectivity index is 1.54. The highest BCUT2D eigenvalue weighted by Gasteiger charge is 2.48. The quantitative estimate of drug-likeness (QED) is 0.529. The molecule has 1 aliphatic heterocycles. The maximum absolute atomic E-state index is 13.5. The van der Waals surface area contributed by atoms with Crippen LogP contribution in [0.25, 0.3) is 0 Å². The van der Waals surface area contributed by atoms with Gasteiger partial charge in [0.2, 0.25) is 5.91 Å². The monoisotopic (exact) mass is 467 g/mol. The van der Waals surface area contributed by atoms with E-state index >= 15 is 0 Å². The van der Waals surface area contributed by atoms with Crippen LogP contribution >= 0.6 is 0 Å². The van der Waals surface area contributed by atoms with Crippen LogP contribution in [0.5, 0.6) is 0 Å². The van der Waals surface area contributed by atoms with Crippen molar-refractivity contribution in [3.05, 3.63) is 77.5 Å². The molecule has 0 fully saturated rings. The van der Waals surface area contributed by atoms with E-state index in [9.17, 15) is 18.8 Å². The molecular weight excluding hydrogens is 441 g/mol. The molecule has 9 nitrogen and oxygen atoms in total. The van der Waals surface area contributed by atoms with Crippen molar-refractivity contribution in [3.63, 3.8) is 0 Å². The molecule has 1 atom stereocenters. The molecule has 1 unspecified atom stereocenters. The minimum Gasteiger partial charge on any atom is -0.467 e. The lowest BCUT2D eigenvalue weighted by molar-refractivity contribution is -0.133. The van der Waals surface area contributed by atoms with Gasteiger partial charge in [-0.15, -0.1) is 0 Å². The Labute approximate surface area is 195 Å². The van der Waals surface area contributed by atoms with E-state index in [1.54, 1.807) is 35.8 Å². The van der Waals surface area contributed by atoms with Crippen LogP contribution in [0.1, 0.15) is 52.6 Å². The second-order valence-corrected chi connectivity index (χ2v) is 8.37. The highest BCUT2D eigenvalue weighted by Crippen LogP contribution is 2.29. The van der Waals surface area contributed by atoms with Gasteiger partial charge in [0.25, 0.3) is 11.8 Å². The summed E-state index contributed by atoms with van der Waals surface area (Å²) >= 11 is 0. The number of aromatic nitrogens is 2. The van der Waals surface area contributed by atoms with Crippen LogP contribution in [0.3, 0.4) is 0 Å². The van der Waals surface area contributed by atoms with E-state index in [-0.39, 0.29) is 42.7 Å². The average Bonchev–Trinajstić information content (AvgIpc) is 3.49. The summed E-state index contributed by atoms with van der Waals surface area (Å²) in [6.07, 6.45) is 3.54. The number of rotatable bonds is 8. The standard InChI is InChI=1S/C24H26FN5O4/c1-3-10-30-22(32)20-19(21(31)26-13-18-5-4-11-34-18)28-15-29(20)14-24(30,2)23(33)27-12-16-6-8-17(25)9-7-16/h4-9,11,15H,3,10,12-14H2,1-2H3,(H,26,31)(H,27,33). The van der Waals surface area contributed by atoms with E-state index < -0.39 is 17.4 Å². The molecule has 3 heterocycles. The van der Waals surface area contributed by atoms with Gasteiger partial charge in [0.05, 0.1) is 25.7 Å². The number of carbonyl (C=O) groups excluding carboxylic acids is 3. The van der Waals surface area contributed by atoms with Crippen molar-refractivity contribution < 1.29 is 23.2 Å². The predicted octanol–water partition coefficient (Wildman–Crippen LogP) is 2.49. The Morgan fingerprint density at radius 2 is 1.94 bits per heavy atom. The third-order valence-electron chi connectivity index (χ3n) is 5.88. The van der Waals surface area contributed by atoms with Crippen LogP contribution in [-0.2, 0) is 24.4 Å². The first-order valence-corrected chi connectivity index (χ1v) is 11.0. The molecule has 178 valence electrons. The number of nitrogens with one attached hydrogen (secondary N) is 2. The number of hydrogen-bond donors (Lipinski definition) is 2. The Morgan fingerprint density at radius 1 is 1.18 bits per heavy atom. The van der Waals surface area contributed by atoms with Crippen molar-refractivity contribution in [2.75, 3.05) is 6.54 Å². The van der Waals surface area contributed by atoms with E-state index in [1.165, 1.54) is 29.6 Å². The van der Waals surface area contributed by atoms with Crippen LogP contribution < -0.4 is 10.6 Å². The number of nitrogens with zero attached hydrogens (tertiary/aromatic N) is 3. The Morgan fingerprint density at radius 3 is 2.62 bits per heavy atom. The Bertz CT molecular complexity index is 1190. The molecule has 3 amide bonds. The third kappa shape index (κ3) is 4.43. The summed E-state index contributed by atoms with van der Waals surface area (Å²) in [5.74, 6) is -1.06. The summed E-state index contributed by atoms with van der Waals surface area (Å²) in [6.45, 7) is 4.43. The van der Waals surface area contributed by atoms with Gasteiger partial charge in [0.1, 0.15) is 22.8 Å². The second kappa shape index (κ2) is 9.50. The number of fused-ring (bicyclic) bond motifs is 1. The van der Waals surface area contributed by atoms with E-state index in [0.717, 1.165) is 5.56 Å². The molecule has 0 spiro atoms. The zero-order valence-electron chi connectivity index (χ0n) is 19.0. The Hall–Kier alpha value is -3.95. The van der Waals surface area contributed by atoms with Crippen molar-refractivity contribution >= 4 is 17.7 Å². The molecule has 0 radical (unpaired) electrons. The molecular formula is C24H26FN5O4. The van der Waals surface area contributed by atoms with Crippen molar-refractivity contribution in [2.24, 2.45) is 0 Å². The lowest BCUT2D eigenvalue weighted by atomic mass is 9.94. The zero-order chi connectivity index (χ0) is 24.3. The summed E-state index contributed by atoms with van der Waals surface area (Å²) in [7, 11) is 0. The molecule has 0 saturated heterocycles. The van der Waals surface area contributed by atoms with Gasteiger partial charge in [0.15, 0.2) is 5.69 Å². The average molecular weight is 468 g/mol. The fraction of sp³-hybridized carbons (Fsp3) is 0.333. The first kappa shape index (κ1) is 23.2. The van der Waals surface area contributed by atoms with Crippen molar-refractivity contribution in [1.29, 1.82) is 0 Å². The van der Waals surface area contributed by atoms with Crippen LogP contribution in [0.4, 0.5) is 4.39 Å². The van der Waals surface area contributed by atoms with E-state index in [0.29, 0.717) is 18.7 Å². The fourth-order valence-electron chi connectivity index (χ4n) is 4.07. The highest BCUT2D eigenvalue weighted by molar-refractivity contribution is 6.07. The van der Waals surface area contributed by atoms with Crippen LogP contribution in [0, 0.1) is 5.82 Å². The number of benzene rings is 1. The number of furan rings is 1. The smallest absolute Gasteiger partial charge is 0.273 e. The number of imidazole rings is 1. The van der Waals surface area contributed by atoms with E-state index in [2.05, 4.69) is 15.6 Å². The highest BCUT2D eigenvalue weighted by atomic mass is 19.1.